The fraction of sp³-hybridized carbons (Fsp3) is 0.0690. The largest absolute Gasteiger partial charge is 0.486 e. The van der Waals surface area contributed by atoms with E-state index in [0.717, 1.165) is 32.3 Å². The molecule has 5 aromatic rings. The topological polar surface area (TPSA) is 39.4 Å². The van der Waals surface area contributed by atoms with Crippen molar-refractivity contribution in [1.82, 2.24) is 0 Å². The average molecular weight is 529 g/mol. The van der Waals surface area contributed by atoms with Crippen LogP contribution in [0.5, 0.6) is 5.75 Å². The van der Waals surface area contributed by atoms with E-state index < -0.39 is 0 Å². The number of ether oxygens (including phenoxy) is 1. The van der Waals surface area contributed by atoms with Gasteiger partial charge >= 0.3 is 0 Å². The van der Waals surface area contributed by atoms with E-state index in [1.165, 1.54) is 21.8 Å². The number of hydrogen-bond donors (Lipinski definition) is 0. The third kappa shape index (κ3) is 5.56. The first-order chi connectivity index (χ1) is 16.6. The molecule has 0 saturated heterocycles. The van der Waals surface area contributed by atoms with Crippen LogP contribution in [0.4, 0.5) is 0 Å². The molecule has 0 fully saturated rings. The molecule has 0 unspecified atom stereocenters. The molecule has 0 N–H and O–H groups in total. The van der Waals surface area contributed by atoms with Crippen molar-refractivity contribution in [2.24, 2.45) is 0 Å². The summed E-state index contributed by atoms with van der Waals surface area (Å²) < 4.78 is 12.8. The lowest BCUT2D eigenvalue weighted by Gasteiger charge is -2.06. The van der Waals surface area contributed by atoms with Gasteiger partial charge in [0.15, 0.2) is 5.78 Å². The molecule has 2 aromatic heterocycles. The van der Waals surface area contributed by atoms with Crippen LogP contribution in [0, 0.1) is 0 Å². The van der Waals surface area contributed by atoms with Gasteiger partial charge in [0.05, 0.1) is 4.88 Å². The molecule has 3 nitrogen and oxygen atoms in total. The molecule has 0 amide bonds. The van der Waals surface area contributed by atoms with Crippen molar-refractivity contribution in [1.29, 1.82) is 0 Å². The Morgan fingerprint density at radius 3 is 2.62 bits per heavy atom. The van der Waals surface area contributed by atoms with Gasteiger partial charge in [-0.3, -0.25) is 4.79 Å². The molecule has 2 heterocycles. The van der Waals surface area contributed by atoms with E-state index in [1.807, 2.05) is 66.7 Å². The SMILES string of the molecule is O=C(/C=C/c1ccc(COc2ccc3cc(Br)ccc3c2)o1)c1ccc(Cc2ccccc2)s1. The lowest BCUT2D eigenvalue weighted by molar-refractivity contribution is 0.105. The fourth-order valence-corrected chi connectivity index (χ4v) is 4.98. The first kappa shape index (κ1) is 22.4. The Bertz CT molecular complexity index is 1460. The Kier molecular flexibility index (Phi) is 6.74. The van der Waals surface area contributed by atoms with Gasteiger partial charge in [-0.2, -0.15) is 0 Å². The highest BCUT2D eigenvalue weighted by atomic mass is 79.9. The summed E-state index contributed by atoms with van der Waals surface area (Å²) >= 11 is 5.02. The summed E-state index contributed by atoms with van der Waals surface area (Å²) in [4.78, 5) is 14.5. The van der Waals surface area contributed by atoms with Gasteiger partial charge in [0, 0.05) is 15.8 Å². The monoisotopic (exact) mass is 528 g/mol. The van der Waals surface area contributed by atoms with E-state index >= 15 is 0 Å². The molecular formula is C29H21BrO3S. The van der Waals surface area contributed by atoms with Crippen LogP contribution in [-0.4, -0.2) is 5.78 Å². The fourth-order valence-electron chi connectivity index (χ4n) is 3.64. The second-order valence-electron chi connectivity index (χ2n) is 7.87. The van der Waals surface area contributed by atoms with Crippen LogP contribution in [0.1, 0.15) is 31.6 Å². The van der Waals surface area contributed by atoms with Gasteiger partial charge in [-0.25, -0.2) is 0 Å². The molecule has 168 valence electrons. The van der Waals surface area contributed by atoms with Crippen LogP contribution in [0.15, 0.2) is 106 Å². The van der Waals surface area contributed by atoms with Gasteiger partial charge in [0.25, 0.3) is 0 Å². The summed E-state index contributed by atoms with van der Waals surface area (Å²) in [5.74, 6) is 2.07. The maximum absolute atomic E-state index is 12.6. The summed E-state index contributed by atoms with van der Waals surface area (Å²) in [6.07, 6.45) is 4.10. The number of rotatable bonds is 8. The number of carbonyl (C=O) groups is 1. The molecular weight excluding hydrogens is 508 g/mol. The van der Waals surface area contributed by atoms with Crippen molar-refractivity contribution in [3.8, 4) is 5.75 Å². The molecule has 3 aromatic carbocycles. The number of furan rings is 1. The van der Waals surface area contributed by atoms with Crippen molar-refractivity contribution in [2.45, 2.75) is 13.0 Å². The number of halogens is 1. The van der Waals surface area contributed by atoms with E-state index in [0.29, 0.717) is 18.1 Å². The summed E-state index contributed by atoms with van der Waals surface area (Å²) in [5, 5.41) is 2.26. The molecule has 0 spiro atoms. The number of allylic oxidation sites excluding steroid dienone is 1. The Morgan fingerprint density at radius 1 is 0.912 bits per heavy atom. The molecule has 0 bridgehead atoms. The molecule has 34 heavy (non-hydrogen) atoms. The zero-order chi connectivity index (χ0) is 23.3. The molecule has 0 radical (unpaired) electrons. The normalized spacial score (nSPS) is 11.3. The smallest absolute Gasteiger partial charge is 0.195 e. The van der Waals surface area contributed by atoms with Gasteiger partial charge in [-0.1, -0.05) is 58.4 Å². The number of hydrogen-bond acceptors (Lipinski definition) is 4. The maximum atomic E-state index is 12.6. The number of fused-ring (bicyclic) bond motifs is 1. The Balaban J connectivity index is 1.17. The lowest BCUT2D eigenvalue weighted by atomic mass is 10.1. The number of carbonyl (C=O) groups excluding carboxylic acids is 1. The quantitative estimate of drug-likeness (QED) is 0.150. The molecule has 0 aliphatic rings. The minimum Gasteiger partial charge on any atom is -0.486 e. The van der Waals surface area contributed by atoms with Gasteiger partial charge in [-0.15, -0.1) is 11.3 Å². The van der Waals surface area contributed by atoms with Crippen molar-refractivity contribution < 1.29 is 13.9 Å². The zero-order valence-electron chi connectivity index (χ0n) is 18.2. The third-order valence-electron chi connectivity index (χ3n) is 5.36. The van der Waals surface area contributed by atoms with E-state index in [2.05, 4.69) is 40.2 Å². The van der Waals surface area contributed by atoms with Crippen LogP contribution < -0.4 is 4.74 Å². The molecule has 5 rings (SSSR count). The lowest BCUT2D eigenvalue weighted by Crippen LogP contribution is -1.93. The number of benzene rings is 3. The Labute approximate surface area is 210 Å². The van der Waals surface area contributed by atoms with Crippen molar-refractivity contribution in [2.75, 3.05) is 0 Å². The van der Waals surface area contributed by atoms with Gasteiger partial charge in [0.2, 0.25) is 0 Å². The van der Waals surface area contributed by atoms with E-state index in [1.54, 1.807) is 12.2 Å². The average Bonchev–Trinajstić information content (AvgIpc) is 3.51. The minimum absolute atomic E-state index is 0.0266. The van der Waals surface area contributed by atoms with Crippen molar-refractivity contribution >= 4 is 49.9 Å². The highest BCUT2D eigenvalue weighted by Gasteiger charge is 2.08. The van der Waals surface area contributed by atoms with E-state index in [4.69, 9.17) is 9.15 Å². The summed E-state index contributed by atoms with van der Waals surface area (Å²) in [5.41, 5.74) is 1.24. The highest BCUT2D eigenvalue weighted by molar-refractivity contribution is 9.10. The Morgan fingerprint density at radius 2 is 1.74 bits per heavy atom. The zero-order valence-corrected chi connectivity index (χ0v) is 20.6. The third-order valence-corrected chi connectivity index (χ3v) is 6.95. The molecule has 0 saturated carbocycles. The first-order valence-electron chi connectivity index (χ1n) is 10.9. The first-order valence-corrected chi connectivity index (χ1v) is 12.5. The predicted molar refractivity (Wildman–Crippen MR) is 142 cm³/mol. The predicted octanol–water partition coefficient (Wildman–Crippen LogP) is 8.32. The second kappa shape index (κ2) is 10.2. The van der Waals surface area contributed by atoms with E-state index in [-0.39, 0.29) is 5.78 Å². The van der Waals surface area contributed by atoms with Crippen molar-refractivity contribution in [3.63, 3.8) is 0 Å². The van der Waals surface area contributed by atoms with Gasteiger partial charge in [0.1, 0.15) is 23.9 Å². The molecule has 0 atom stereocenters. The van der Waals surface area contributed by atoms with Crippen LogP contribution in [0.2, 0.25) is 0 Å². The maximum Gasteiger partial charge on any atom is 0.195 e. The molecule has 0 aliphatic carbocycles. The summed E-state index contributed by atoms with van der Waals surface area (Å²) in [6.45, 7) is 0.317. The van der Waals surface area contributed by atoms with Gasteiger partial charge in [-0.05, 0) is 77.0 Å². The Hall–Kier alpha value is -3.41. The standard InChI is InChI=1S/C29H21BrO3S/c30-23-8-6-22-18-25(9-7-21(22)17-23)32-19-26-11-10-24(33-26)12-14-28(31)29-15-13-27(34-29)16-20-4-2-1-3-5-20/h1-15,17-18H,16,19H2/b14-12+. The van der Waals surface area contributed by atoms with E-state index in [9.17, 15) is 4.79 Å². The van der Waals surface area contributed by atoms with Crippen LogP contribution in [0.3, 0.4) is 0 Å². The summed E-state index contributed by atoms with van der Waals surface area (Å²) in [7, 11) is 0. The van der Waals surface area contributed by atoms with Gasteiger partial charge < -0.3 is 9.15 Å². The minimum atomic E-state index is -0.0266. The highest BCUT2D eigenvalue weighted by Crippen LogP contribution is 2.25. The molecule has 5 heteroatoms. The van der Waals surface area contributed by atoms with Crippen LogP contribution in [0.25, 0.3) is 16.8 Å². The van der Waals surface area contributed by atoms with Crippen molar-refractivity contribution in [3.05, 3.63) is 128 Å². The van der Waals surface area contributed by atoms with Crippen LogP contribution in [-0.2, 0) is 13.0 Å². The number of ketones is 1. The number of thiophene rings is 1. The second-order valence-corrected chi connectivity index (χ2v) is 9.96. The van der Waals surface area contributed by atoms with Crippen LogP contribution >= 0.6 is 27.3 Å². The summed E-state index contributed by atoms with van der Waals surface area (Å²) in [6, 6.07) is 30.0. The molecule has 0 aliphatic heterocycles.